The van der Waals surface area contributed by atoms with Crippen LogP contribution >= 0.6 is 11.3 Å². The Morgan fingerprint density at radius 3 is 2.93 bits per heavy atom. The summed E-state index contributed by atoms with van der Waals surface area (Å²) in [7, 11) is 0. The average Bonchev–Trinajstić information content (AvgIpc) is 3.36. The summed E-state index contributed by atoms with van der Waals surface area (Å²) < 4.78 is 6.99. The summed E-state index contributed by atoms with van der Waals surface area (Å²) in [5.41, 5.74) is 2.58. The molecule has 0 aromatic carbocycles. The van der Waals surface area contributed by atoms with Crippen LogP contribution in [0.1, 0.15) is 44.1 Å². The number of anilines is 1. The Balaban J connectivity index is 1.28. The molecule has 7 heteroatoms. The lowest BCUT2D eigenvalue weighted by Crippen LogP contribution is -2.53. The Kier molecular flexibility index (Phi) is 4.75. The number of thiophene rings is 1. The zero-order valence-corrected chi connectivity index (χ0v) is 17.3. The molecule has 1 amide bonds. The van der Waals surface area contributed by atoms with Crippen LogP contribution < -0.4 is 4.90 Å². The van der Waals surface area contributed by atoms with Gasteiger partial charge in [0.2, 0.25) is 5.91 Å². The Hall–Kier alpha value is -1.73. The number of amides is 1. The molecule has 0 N–H and O–H groups in total. The number of hydrogen-bond acceptors (Lipinski definition) is 6. The monoisotopic (exact) mass is 400 g/mol. The third kappa shape index (κ3) is 3.28. The first kappa shape index (κ1) is 18.3. The van der Waals surface area contributed by atoms with Gasteiger partial charge >= 0.3 is 0 Å². The second-order valence-electron chi connectivity index (χ2n) is 8.69. The molecule has 0 radical (unpaired) electrons. The molecule has 6 nitrogen and oxygen atoms in total. The van der Waals surface area contributed by atoms with Gasteiger partial charge in [-0.3, -0.25) is 4.79 Å². The second-order valence-corrected chi connectivity index (χ2v) is 9.57. The van der Waals surface area contributed by atoms with Crippen molar-refractivity contribution in [2.45, 2.75) is 51.6 Å². The van der Waals surface area contributed by atoms with Gasteiger partial charge in [-0.15, -0.1) is 11.3 Å². The Bertz CT molecular complexity index is 868. The molecule has 0 aliphatic carbocycles. The van der Waals surface area contributed by atoms with Crippen molar-refractivity contribution in [3.8, 4) is 0 Å². The minimum atomic E-state index is 0.246. The third-order valence-electron chi connectivity index (χ3n) is 6.83. The van der Waals surface area contributed by atoms with Crippen molar-refractivity contribution >= 4 is 33.3 Å². The fourth-order valence-electron chi connectivity index (χ4n) is 5.09. The van der Waals surface area contributed by atoms with Gasteiger partial charge in [0.15, 0.2) is 0 Å². The predicted octanol–water partition coefficient (Wildman–Crippen LogP) is 3.39. The van der Waals surface area contributed by atoms with Gasteiger partial charge in [0.25, 0.3) is 0 Å². The molecule has 0 bridgehead atoms. The maximum absolute atomic E-state index is 12.5. The summed E-state index contributed by atoms with van der Waals surface area (Å²) in [6.45, 7) is 6.66. The number of aryl methyl sites for hydroxylation is 1. The van der Waals surface area contributed by atoms with Crippen molar-refractivity contribution in [2.75, 3.05) is 37.7 Å². The lowest BCUT2D eigenvalue weighted by molar-refractivity contribution is -0.140. The molecule has 28 heavy (non-hydrogen) atoms. The lowest BCUT2D eigenvalue weighted by atomic mass is 9.72. The number of nitrogens with zero attached hydrogens (tertiary/aromatic N) is 4. The van der Waals surface area contributed by atoms with Gasteiger partial charge in [0.05, 0.1) is 16.3 Å². The van der Waals surface area contributed by atoms with Crippen molar-refractivity contribution in [1.82, 2.24) is 14.9 Å². The number of carbonyl (C=O) groups excluding carboxylic acids is 1. The summed E-state index contributed by atoms with van der Waals surface area (Å²) in [5, 5.41) is 2.17. The van der Waals surface area contributed by atoms with Gasteiger partial charge < -0.3 is 14.5 Å². The highest BCUT2D eigenvalue weighted by Gasteiger charge is 2.42. The molecule has 1 spiro atoms. The molecule has 3 saturated heterocycles. The first-order valence-electron chi connectivity index (χ1n) is 10.5. The van der Waals surface area contributed by atoms with E-state index in [0.717, 1.165) is 76.2 Å². The summed E-state index contributed by atoms with van der Waals surface area (Å²) in [5.74, 6) is 1.40. The highest BCUT2D eigenvalue weighted by atomic mass is 32.1. The minimum Gasteiger partial charge on any atom is -0.376 e. The van der Waals surface area contributed by atoms with Crippen LogP contribution in [0.15, 0.2) is 11.7 Å². The van der Waals surface area contributed by atoms with Crippen molar-refractivity contribution in [1.29, 1.82) is 0 Å². The molecule has 5 heterocycles. The fourth-order valence-corrected chi connectivity index (χ4v) is 6.10. The van der Waals surface area contributed by atoms with E-state index in [1.807, 2.05) is 0 Å². The quantitative estimate of drug-likeness (QED) is 0.790. The number of ether oxygens (including phenoxy) is 1. The Morgan fingerprint density at radius 2 is 2.14 bits per heavy atom. The largest absolute Gasteiger partial charge is 0.376 e. The van der Waals surface area contributed by atoms with E-state index < -0.39 is 0 Å². The average molecular weight is 401 g/mol. The van der Waals surface area contributed by atoms with Crippen LogP contribution in [0.3, 0.4) is 0 Å². The Labute approximate surface area is 169 Å². The van der Waals surface area contributed by atoms with Gasteiger partial charge in [-0.1, -0.05) is 0 Å². The zero-order valence-electron chi connectivity index (χ0n) is 16.5. The van der Waals surface area contributed by atoms with Crippen LogP contribution in [0.2, 0.25) is 0 Å². The van der Waals surface area contributed by atoms with E-state index in [1.54, 1.807) is 17.7 Å². The standard InChI is InChI=1S/C21H28N4O2S/c1-15-12-28-19-18(15)22-14-23-20(19)24-8-6-21(7-9-24)5-4-17(26)25(13-21)11-16-3-2-10-27-16/h12,14,16H,2-11,13H2,1H3. The van der Waals surface area contributed by atoms with E-state index in [0.29, 0.717) is 12.3 Å². The van der Waals surface area contributed by atoms with Gasteiger partial charge in [-0.2, -0.15) is 0 Å². The number of fused-ring (bicyclic) bond motifs is 1. The van der Waals surface area contributed by atoms with E-state index in [1.165, 1.54) is 10.3 Å². The summed E-state index contributed by atoms with van der Waals surface area (Å²) in [4.78, 5) is 26.1. The van der Waals surface area contributed by atoms with E-state index in [-0.39, 0.29) is 11.5 Å². The predicted molar refractivity (Wildman–Crippen MR) is 111 cm³/mol. The smallest absolute Gasteiger partial charge is 0.222 e. The molecule has 3 fully saturated rings. The van der Waals surface area contributed by atoms with Crippen LogP contribution in [0, 0.1) is 12.3 Å². The molecule has 3 aliphatic heterocycles. The molecular weight excluding hydrogens is 372 g/mol. The maximum atomic E-state index is 12.5. The first-order valence-corrected chi connectivity index (χ1v) is 11.3. The summed E-state index contributed by atoms with van der Waals surface area (Å²) >= 11 is 1.75. The van der Waals surface area contributed by atoms with E-state index >= 15 is 0 Å². The number of aromatic nitrogens is 2. The number of rotatable bonds is 3. The van der Waals surface area contributed by atoms with Crippen molar-refractivity contribution < 1.29 is 9.53 Å². The normalized spacial score (nSPS) is 25.2. The topological polar surface area (TPSA) is 58.6 Å². The van der Waals surface area contributed by atoms with Gasteiger partial charge in [0, 0.05) is 39.2 Å². The van der Waals surface area contributed by atoms with Crippen molar-refractivity contribution in [3.05, 3.63) is 17.3 Å². The molecule has 0 saturated carbocycles. The van der Waals surface area contributed by atoms with E-state index in [4.69, 9.17) is 4.74 Å². The fraction of sp³-hybridized carbons (Fsp3) is 0.667. The van der Waals surface area contributed by atoms with Crippen molar-refractivity contribution in [3.63, 3.8) is 0 Å². The number of piperidine rings is 2. The third-order valence-corrected chi connectivity index (χ3v) is 7.91. The molecular formula is C21H28N4O2S. The number of hydrogen-bond donors (Lipinski definition) is 0. The molecule has 1 unspecified atom stereocenters. The maximum Gasteiger partial charge on any atom is 0.222 e. The Morgan fingerprint density at radius 1 is 1.29 bits per heavy atom. The van der Waals surface area contributed by atoms with Crippen LogP contribution in [0.25, 0.3) is 10.2 Å². The van der Waals surface area contributed by atoms with Crippen LogP contribution in [0.4, 0.5) is 5.82 Å². The van der Waals surface area contributed by atoms with Crippen LogP contribution in [-0.4, -0.2) is 59.7 Å². The van der Waals surface area contributed by atoms with Crippen LogP contribution in [0.5, 0.6) is 0 Å². The van der Waals surface area contributed by atoms with Gasteiger partial charge in [0.1, 0.15) is 12.1 Å². The molecule has 3 aliphatic rings. The SMILES string of the molecule is Cc1csc2c(N3CCC4(CCC(=O)N(CC5CCCO5)C4)CC3)ncnc12. The summed E-state index contributed by atoms with van der Waals surface area (Å²) in [6, 6.07) is 0. The van der Waals surface area contributed by atoms with E-state index in [2.05, 4.69) is 32.1 Å². The highest BCUT2D eigenvalue weighted by Crippen LogP contribution is 2.42. The van der Waals surface area contributed by atoms with Gasteiger partial charge in [-0.25, -0.2) is 9.97 Å². The minimum absolute atomic E-state index is 0.246. The molecule has 2 aromatic rings. The molecule has 1 atom stereocenters. The molecule has 150 valence electrons. The number of carbonyl (C=O) groups is 1. The molecule has 5 rings (SSSR count). The van der Waals surface area contributed by atoms with Gasteiger partial charge in [-0.05, 0) is 55.4 Å². The number of likely N-dealkylation sites (tertiary alicyclic amines) is 1. The first-order chi connectivity index (χ1) is 13.6. The highest BCUT2D eigenvalue weighted by molar-refractivity contribution is 7.18. The van der Waals surface area contributed by atoms with E-state index in [9.17, 15) is 4.79 Å². The summed E-state index contributed by atoms with van der Waals surface area (Å²) in [6.07, 6.45) is 8.13. The van der Waals surface area contributed by atoms with Crippen LogP contribution in [-0.2, 0) is 9.53 Å². The van der Waals surface area contributed by atoms with Crippen molar-refractivity contribution in [2.24, 2.45) is 5.41 Å². The zero-order chi connectivity index (χ0) is 19.1. The molecule has 2 aromatic heterocycles. The second kappa shape index (κ2) is 7.26. The lowest BCUT2D eigenvalue weighted by Gasteiger charge is -2.48.